The maximum atomic E-state index is 10.9. The highest BCUT2D eigenvalue weighted by molar-refractivity contribution is 7.73. The predicted molar refractivity (Wildman–Crippen MR) is 51.7 cm³/mol. The van der Waals surface area contributed by atoms with E-state index in [1.807, 2.05) is 6.92 Å². The van der Waals surface area contributed by atoms with Crippen LogP contribution in [0.4, 0.5) is 5.00 Å². The molecule has 12 heavy (non-hydrogen) atoms. The van der Waals surface area contributed by atoms with Crippen molar-refractivity contribution in [3.05, 3.63) is 9.65 Å². The predicted octanol–water partition coefficient (Wildman–Crippen LogP) is 0.980. The van der Waals surface area contributed by atoms with Gasteiger partial charge in [-0.1, -0.05) is 11.3 Å². The van der Waals surface area contributed by atoms with Gasteiger partial charge in [-0.05, 0) is 19.1 Å². The van der Waals surface area contributed by atoms with Crippen LogP contribution in [0.1, 0.15) is 17.4 Å². The van der Waals surface area contributed by atoms with Crippen molar-refractivity contribution in [3.8, 4) is 0 Å². The molecule has 4 nitrogen and oxygen atoms in total. The number of rotatable bonds is 2. The summed E-state index contributed by atoms with van der Waals surface area (Å²) in [6.07, 6.45) is 0. The molecule has 0 aliphatic heterocycles. The maximum absolute atomic E-state index is 10.9. The average molecular weight is 203 g/mol. The lowest BCUT2D eigenvalue weighted by atomic mass is 10.4. The average Bonchev–Trinajstić information content (AvgIpc) is 2.24. The quantitative estimate of drug-likeness (QED) is 0.704. The third kappa shape index (κ3) is 1.35. The zero-order valence-corrected chi connectivity index (χ0v) is 8.17. The maximum Gasteiger partial charge on any atom is 0.268 e. The van der Waals surface area contributed by atoms with Gasteiger partial charge in [0.2, 0.25) is 0 Å². The third-order valence-corrected chi connectivity index (χ3v) is 2.75. The van der Waals surface area contributed by atoms with Gasteiger partial charge in [-0.3, -0.25) is 4.79 Å². The summed E-state index contributed by atoms with van der Waals surface area (Å²) in [4.78, 5) is 10.9. The second kappa shape index (κ2) is 3.24. The summed E-state index contributed by atoms with van der Waals surface area (Å²) in [6, 6.07) is 0. The van der Waals surface area contributed by atoms with Crippen molar-refractivity contribution >= 4 is 34.5 Å². The molecule has 0 spiro atoms. The topological polar surface area (TPSA) is 74.0 Å². The van der Waals surface area contributed by atoms with Gasteiger partial charge in [0.25, 0.3) is 5.91 Å². The molecule has 66 valence electrons. The number of thiazole rings is 1. The number of carbonyl (C=O) groups is 1. The fourth-order valence-corrected chi connectivity index (χ4v) is 2.28. The fourth-order valence-electron chi connectivity index (χ4n) is 0.963. The molecule has 6 heteroatoms. The number of primary amides is 1. The lowest BCUT2D eigenvalue weighted by molar-refractivity contribution is 0.0992. The summed E-state index contributed by atoms with van der Waals surface area (Å²) in [7, 11) is 0. The van der Waals surface area contributed by atoms with E-state index in [4.69, 9.17) is 23.7 Å². The van der Waals surface area contributed by atoms with E-state index in [1.54, 1.807) is 4.57 Å². The molecule has 1 rings (SSSR count). The molecule has 0 saturated heterocycles. The van der Waals surface area contributed by atoms with Crippen molar-refractivity contribution in [1.29, 1.82) is 0 Å². The van der Waals surface area contributed by atoms with Crippen molar-refractivity contribution in [2.24, 2.45) is 5.73 Å². The van der Waals surface area contributed by atoms with Gasteiger partial charge in [-0.25, -0.2) is 0 Å². The van der Waals surface area contributed by atoms with E-state index in [-0.39, 0.29) is 0 Å². The Bertz CT molecular complexity index is 365. The zero-order chi connectivity index (χ0) is 9.30. The molecule has 0 aliphatic carbocycles. The van der Waals surface area contributed by atoms with Crippen LogP contribution in [-0.2, 0) is 6.54 Å². The summed E-state index contributed by atoms with van der Waals surface area (Å²) < 4.78 is 2.22. The third-order valence-electron chi connectivity index (χ3n) is 1.47. The number of nitrogens with two attached hydrogens (primary N) is 2. The summed E-state index contributed by atoms with van der Waals surface area (Å²) in [5, 5.41) is 0.398. The summed E-state index contributed by atoms with van der Waals surface area (Å²) in [5.41, 5.74) is 11.0. The van der Waals surface area contributed by atoms with Gasteiger partial charge in [0, 0.05) is 6.54 Å². The van der Waals surface area contributed by atoms with Gasteiger partial charge in [-0.2, -0.15) is 0 Å². The van der Waals surface area contributed by atoms with E-state index >= 15 is 0 Å². The van der Waals surface area contributed by atoms with E-state index in [9.17, 15) is 4.79 Å². The van der Waals surface area contributed by atoms with Gasteiger partial charge < -0.3 is 16.0 Å². The molecule has 0 aromatic carbocycles. The van der Waals surface area contributed by atoms with Gasteiger partial charge in [0.05, 0.1) is 0 Å². The van der Waals surface area contributed by atoms with Crippen LogP contribution < -0.4 is 11.5 Å². The molecule has 0 fully saturated rings. The molecule has 0 aliphatic rings. The largest absolute Gasteiger partial charge is 0.389 e. The summed E-state index contributed by atoms with van der Waals surface area (Å²) in [6.45, 7) is 2.50. The lowest BCUT2D eigenvalue weighted by Gasteiger charge is -2.00. The molecule has 0 bridgehead atoms. The van der Waals surface area contributed by atoms with Crippen LogP contribution in [0, 0.1) is 3.95 Å². The number of hydrogen-bond donors (Lipinski definition) is 2. The number of amides is 1. The van der Waals surface area contributed by atoms with Crippen LogP contribution in [0.2, 0.25) is 0 Å². The molecule has 1 heterocycles. The van der Waals surface area contributed by atoms with Crippen molar-refractivity contribution < 1.29 is 4.79 Å². The first-order chi connectivity index (χ1) is 5.57. The number of hydrogen-bond acceptors (Lipinski definition) is 4. The van der Waals surface area contributed by atoms with Crippen LogP contribution in [-0.4, -0.2) is 10.5 Å². The second-order valence-corrected chi connectivity index (χ2v) is 3.87. The molecule has 0 atom stereocenters. The zero-order valence-electron chi connectivity index (χ0n) is 6.53. The van der Waals surface area contributed by atoms with Crippen LogP contribution >= 0.6 is 23.6 Å². The standard InChI is InChI=1S/C6H9N3OS2/c1-2-9-3(4(7)10)5(8)12-6(9)11/h2,8H2,1H3,(H2,7,10). The fraction of sp³-hybridized carbons (Fsp3) is 0.333. The number of anilines is 1. The molecule has 4 N–H and O–H groups in total. The minimum absolute atomic E-state index is 0.326. The Kier molecular flexibility index (Phi) is 2.49. The van der Waals surface area contributed by atoms with Gasteiger partial charge in [-0.15, -0.1) is 0 Å². The molecule has 1 aromatic rings. The van der Waals surface area contributed by atoms with Crippen molar-refractivity contribution in [2.45, 2.75) is 13.5 Å². The number of nitrogen functional groups attached to an aromatic ring is 1. The SMILES string of the molecule is CCn1c(C(N)=O)c(N)sc1=S. The molecule has 0 saturated carbocycles. The smallest absolute Gasteiger partial charge is 0.268 e. The van der Waals surface area contributed by atoms with E-state index in [1.165, 1.54) is 11.3 Å². The van der Waals surface area contributed by atoms with Crippen molar-refractivity contribution in [1.82, 2.24) is 4.57 Å². The first-order valence-electron chi connectivity index (χ1n) is 3.36. The van der Waals surface area contributed by atoms with E-state index in [2.05, 4.69) is 0 Å². The highest BCUT2D eigenvalue weighted by Gasteiger charge is 2.13. The van der Waals surface area contributed by atoms with Crippen LogP contribution in [0.5, 0.6) is 0 Å². The van der Waals surface area contributed by atoms with E-state index in [0.29, 0.717) is 21.2 Å². The monoisotopic (exact) mass is 203 g/mol. The molecule has 1 aromatic heterocycles. The Balaban J connectivity index is 3.43. The van der Waals surface area contributed by atoms with Crippen LogP contribution in [0.15, 0.2) is 0 Å². The normalized spacial score (nSPS) is 10.1. The molecular formula is C6H9N3OS2. The Hall–Kier alpha value is -0.880. The highest BCUT2D eigenvalue weighted by atomic mass is 32.1. The Morgan fingerprint density at radius 1 is 1.75 bits per heavy atom. The number of carbonyl (C=O) groups excluding carboxylic acids is 1. The summed E-state index contributed by atoms with van der Waals surface area (Å²) >= 11 is 6.18. The van der Waals surface area contributed by atoms with Crippen LogP contribution in [0.3, 0.4) is 0 Å². The van der Waals surface area contributed by atoms with Crippen LogP contribution in [0.25, 0.3) is 0 Å². The lowest BCUT2D eigenvalue weighted by Crippen LogP contribution is -2.18. The molecule has 1 amide bonds. The number of aromatic nitrogens is 1. The van der Waals surface area contributed by atoms with Gasteiger partial charge in [0.15, 0.2) is 3.95 Å². The Morgan fingerprint density at radius 3 is 2.67 bits per heavy atom. The van der Waals surface area contributed by atoms with Crippen molar-refractivity contribution in [2.75, 3.05) is 5.73 Å². The number of nitrogens with zero attached hydrogens (tertiary/aromatic N) is 1. The molecule has 0 unspecified atom stereocenters. The van der Waals surface area contributed by atoms with Gasteiger partial charge in [0.1, 0.15) is 10.7 Å². The molecule has 0 radical (unpaired) electrons. The van der Waals surface area contributed by atoms with Gasteiger partial charge >= 0.3 is 0 Å². The first kappa shape index (κ1) is 9.21. The minimum Gasteiger partial charge on any atom is -0.389 e. The van der Waals surface area contributed by atoms with E-state index < -0.39 is 5.91 Å². The van der Waals surface area contributed by atoms with Crippen molar-refractivity contribution in [3.63, 3.8) is 0 Å². The Morgan fingerprint density at radius 2 is 2.33 bits per heavy atom. The summed E-state index contributed by atoms with van der Waals surface area (Å²) in [5.74, 6) is -0.526. The molecular weight excluding hydrogens is 194 g/mol. The Labute approximate surface area is 78.8 Å². The van der Waals surface area contributed by atoms with E-state index in [0.717, 1.165) is 0 Å². The highest BCUT2D eigenvalue weighted by Crippen LogP contribution is 2.21. The first-order valence-corrected chi connectivity index (χ1v) is 4.59. The second-order valence-electron chi connectivity index (χ2n) is 2.19. The minimum atomic E-state index is -0.526.